The van der Waals surface area contributed by atoms with Crippen LogP contribution in [0.4, 0.5) is 14.5 Å². The van der Waals surface area contributed by atoms with Crippen molar-refractivity contribution in [3.63, 3.8) is 0 Å². The Morgan fingerprint density at radius 3 is 2.46 bits per heavy atom. The van der Waals surface area contributed by atoms with Crippen LogP contribution in [0.2, 0.25) is 0 Å². The Labute approximate surface area is 206 Å². The maximum atomic E-state index is 13.3. The summed E-state index contributed by atoms with van der Waals surface area (Å²) in [6.07, 6.45) is 1.60. The number of rotatable bonds is 8. The Morgan fingerprint density at radius 2 is 1.77 bits per heavy atom. The standard InChI is InChI=1S/C26H23FN4O3S/c1-16-7-9-17(10-8-16)22-25(30-24(32)18-11-13-20(27)14-12-18)35-26(29-22)31-28-15-19-5-4-6-21(33-2)23(19)34-3/h4-15H,1-3H3,(H,29,31)(H,30,32)/b28-15-. The molecular formula is C26H23FN4O3S. The monoisotopic (exact) mass is 490 g/mol. The summed E-state index contributed by atoms with van der Waals surface area (Å²) in [5, 5.41) is 8.20. The van der Waals surface area contributed by atoms with E-state index in [0.29, 0.717) is 32.9 Å². The number of aromatic nitrogens is 1. The van der Waals surface area contributed by atoms with Crippen molar-refractivity contribution < 1.29 is 18.7 Å². The largest absolute Gasteiger partial charge is 0.493 e. The van der Waals surface area contributed by atoms with Gasteiger partial charge in [-0.15, -0.1) is 0 Å². The zero-order chi connectivity index (χ0) is 24.8. The Balaban J connectivity index is 1.61. The van der Waals surface area contributed by atoms with E-state index in [1.165, 1.54) is 35.6 Å². The molecule has 178 valence electrons. The zero-order valence-electron chi connectivity index (χ0n) is 19.3. The Hall–Kier alpha value is -4.24. The van der Waals surface area contributed by atoms with Crippen molar-refractivity contribution in [3.8, 4) is 22.8 Å². The first kappa shape index (κ1) is 23.9. The topological polar surface area (TPSA) is 84.8 Å². The third-order valence-electron chi connectivity index (χ3n) is 5.08. The molecule has 0 aliphatic heterocycles. The second-order valence-electron chi connectivity index (χ2n) is 7.48. The number of hydrogen-bond acceptors (Lipinski definition) is 7. The number of nitrogens with zero attached hydrogens (tertiary/aromatic N) is 2. The van der Waals surface area contributed by atoms with Gasteiger partial charge in [0.2, 0.25) is 5.13 Å². The number of anilines is 2. The van der Waals surface area contributed by atoms with Gasteiger partial charge in [-0.3, -0.25) is 10.2 Å². The van der Waals surface area contributed by atoms with Gasteiger partial charge in [0, 0.05) is 16.7 Å². The average molecular weight is 491 g/mol. The van der Waals surface area contributed by atoms with Crippen LogP contribution in [0.1, 0.15) is 21.5 Å². The first-order valence-electron chi connectivity index (χ1n) is 10.6. The molecule has 0 aliphatic rings. The Morgan fingerprint density at radius 1 is 1.03 bits per heavy atom. The number of methoxy groups -OCH3 is 2. The molecule has 0 spiro atoms. The molecule has 9 heteroatoms. The molecule has 0 unspecified atom stereocenters. The second-order valence-corrected chi connectivity index (χ2v) is 8.48. The van der Waals surface area contributed by atoms with Crippen LogP contribution in [0.3, 0.4) is 0 Å². The average Bonchev–Trinajstić information content (AvgIpc) is 3.26. The normalized spacial score (nSPS) is 10.9. The molecule has 3 aromatic carbocycles. The van der Waals surface area contributed by atoms with Crippen molar-refractivity contribution >= 4 is 33.6 Å². The highest BCUT2D eigenvalue weighted by Gasteiger charge is 2.17. The molecule has 0 fully saturated rings. The van der Waals surface area contributed by atoms with Gasteiger partial charge >= 0.3 is 0 Å². The lowest BCUT2D eigenvalue weighted by Gasteiger charge is -2.09. The van der Waals surface area contributed by atoms with Crippen LogP contribution in [0.15, 0.2) is 71.8 Å². The van der Waals surface area contributed by atoms with Crippen molar-refractivity contribution in [2.75, 3.05) is 25.0 Å². The predicted octanol–water partition coefficient (Wildman–Crippen LogP) is 5.97. The molecular weight excluding hydrogens is 467 g/mol. The SMILES string of the molecule is COc1cccc(/C=N\Nc2nc(-c3ccc(C)cc3)c(NC(=O)c3ccc(F)cc3)s2)c1OC. The van der Waals surface area contributed by atoms with Gasteiger partial charge in [-0.1, -0.05) is 47.2 Å². The Kier molecular flexibility index (Phi) is 7.37. The van der Waals surface area contributed by atoms with E-state index in [9.17, 15) is 9.18 Å². The van der Waals surface area contributed by atoms with Crippen molar-refractivity contribution in [2.24, 2.45) is 5.10 Å². The van der Waals surface area contributed by atoms with Gasteiger partial charge in [-0.05, 0) is 43.3 Å². The molecule has 1 amide bonds. The number of carbonyl (C=O) groups is 1. The molecule has 0 bridgehead atoms. The summed E-state index contributed by atoms with van der Waals surface area (Å²) >= 11 is 1.24. The van der Waals surface area contributed by atoms with E-state index in [4.69, 9.17) is 9.47 Å². The van der Waals surface area contributed by atoms with Crippen molar-refractivity contribution in [3.05, 3.63) is 89.2 Å². The highest BCUT2D eigenvalue weighted by atomic mass is 32.1. The van der Waals surface area contributed by atoms with Crippen LogP contribution in [-0.2, 0) is 0 Å². The second kappa shape index (κ2) is 10.8. The number of aryl methyl sites for hydroxylation is 1. The lowest BCUT2D eigenvalue weighted by molar-refractivity contribution is 0.102. The fourth-order valence-electron chi connectivity index (χ4n) is 3.31. The number of amides is 1. The number of benzene rings is 3. The van der Waals surface area contributed by atoms with Crippen molar-refractivity contribution in [1.82, 2.24) is 4.98 Å². The number of thiazole rings is 1. The smallest absolute Gasteiger partial charge is 0.256 e. The molecule has 4 rings (SSSR count). The first-order chi connectivity index (χ1) is 17.0. The maximum Gasteiger partial charge on any atom is 0.256 e. The minimum absolute atomic E-state index is 0.340. The molecule has 1 aromatic heterocycles. The minimum Gasteiger partial charge on any atom is -0.493 e. The van der Waals surface area contributed by atoms with Gasteiger partial charge in [0.15, 0.2) is 11.5 Å². The van der Waals surface area contributed by atoms with Gasteiger partial charge in [0.1, 0.15) is 16.5 Å². The molecule has 7 nitrogen and oxygen atoms in total. The van der Waals surface area contributed by atoms with E-state index < -0.39 is 5.82 Å². The third-order valence-corrected chi connectivity index (χ3v) is 5.96. The lowest BCUT2D eigenvalue weighted by atomic mass is 10.1. The van der Waals surface area contributed by atoms with E-state index >= 15 is 0 Å². The summed E-state index contributed by atoms with van der Waals surface area (Å²) in [5.41, 5.74) is 6.53. The number of nitrogens with one attached hydrogen (secondary N) is 2. The van der Waals surface area contributed by atoms with Crippen molar-refractivity contribution in [1.29, 1.82) is 0 Å². The fraction of sp³-hybridized carbons (Fsp3) is 0.115. The molecule has 1 heterocycles. The summed E-state index contributed by atoms with van der Waals surface area (Å²) in [4.78, 5) is 17.4. The summed E-state index contributed by atoms with van der Waals surface area (Å²) in [6.45, 7) is 2.00. The predicted molar refractivity (Wildman–Crippen MR) is 137 cm³/mol. The summed E-state index contributed by atoms with van der Waals surface area (Å²) in [5.74, 6) is 0.389. The highest BCUT2D eigenvalue weighted by Crippen LogP contribution is 2.36. The first-order valence-corrected chi connectivity index (χ1v) is 11.4. The van der Waals surface area contributed by atoms with Crippen LogP contribution in [-0.4, -0.2) is 31.3 Å². The van der Waals surface area contributed by atoms with Crippen LogP contribution < -0.4 is 20.2 Å². The lowest BCUT2D eigenvalue weighted by Crippen LogP contribution is -2.11. The summed E-state index contributed by atoms with van der Waals surface area (Å²) in [7, 11) is 3.13. The quantitative estimate of drug-likeness (QED) is 0.235. The van der Waals surface area contributed by atoms with Crippen LogP contribution in [0.25, 0.3) is 11.3 Å². The number of ether oxygens (including phenoxy) is 2. The van der Waals surface area contributed by atoms with Gasteiger partial charge < -0.3 is 14.8 Å². The molecule has 0 atom stereocenters. The minimum atomic E-state index is -0.406. The molecule has 2 N–H and O–H groups in total. The zero-order valence-corrected chi connectivity index (χ0v) is 20.2. The Bertz CT molecular complexity index is 1350. The highest BCUT2D eigenvalue weighted by molar-refractivity contribution is 7.20. The summed E-state index contributed by atoms with van der Waals surface area (Å²) < 4.78 is 24.0. The number of carbonyl (C=O) groups excluding carboxylic acids is 1. The van der Waals surface area contributed by atoms with Gasteiger partial charge in [0.25, 0.3) is 5.91 Å². The van der Waals surface area contributed by atoms with E-state index in [0.717, 1.165) is 16.7 Å². The van der Waals surface area contributed by atoms with Gasteiger partial charge in [-0.2, -0.15) is 5.10 Å². The summed E-state index contributed by atoms with van der Waals surface area (Å²) in [6, 6.07) is 18.7. The van der Waals surface area contributed by atoms with Crippen LogP contribution in [0, 0.1) is 12.7 Å². The van der Waals surface area contributed by atoms with E-state index in [-0.39, 0.29) is 5.91 Å². The molecule has 35 heavy (non-hydrogen) atoms. The third kappa shape index (κ3) is 5.64. The van der Waals surface area contributed by atoms with Crippen LogP contribution in [0.5, 0.6) is 11.5 Å². The molecule has 0 saturated heterocycles. The van der Waals surface area contributed by atoms with Crippen LogP contribution >= 0.6 is 11.3 Å². The number of hydrogen-bond donors (Lipinski definition) is 2. The molecule has 4 aromatic rings. The number of hydrazone groups is 1. The van der Waals surface area contributed by atoms with E-state index in [1.807, 2.05) is 43.3 Å². The van der Waals surface area contributed by atoms with Gasteiger partial charge in [0.05, 0.1) is 20.4 Å². The number of para-hydroxylation sites is 1. The molecule has 0 radical (unpaired) electrons. The van der Waals surface area contributed by atoms with E-state index in [1.54, 1.807) is 26.5 Å². The molecule has 0 saturated carbocycles. The van der Waals surface area contributed by atoms with E-state index in [2.05, 4.69) is 20.8 Å². The van der Waals surface area contributed by atoms with Gasteiger partial charge in [-0.25, -0.2) is 9.37 Å². The van der Waals surface area contributed by atoms with Crippen molar-refractivity contribution in [2.45, 2.75) is 6.92 Å². The maximum absolute atomic E-state index is 13.3. The molecule has 0 aliphatic carbocycles. The fourth-order valence-corrected chi connectivity index (χ4v) is 4.14. The number of halogens is 1.